The van der Waals surface area contributed by atoms with Crippen LogP contribution in [0, 0.1) is 6.92 Å². The molecular formula is C25H25N5O3S2. The number of aromatic nitrogens is 2. The second-order valence-corrected chi connectivity index (χ2v) is 10.5. The van der Waals surface area contributed by atoms with E-state index in [9.17, 15) is 9.59 Å². The highest BCUT2D eigenvalue weighted by atomic mass is 32.2. The molecule has 0 aliphatic carbocycles. The van der Waals surface area contributed by atoms with Gasteiger partial charge in [-0.1, -0.05) is 0 Å². The molecule has 8 nitrogen and oxygen atoms in total. The first-order chi connectivity index (χ1) is 17.0. The number of amides is 2. The fraction of sp³-hybridized carbons (Fsp3) is 0.280. The molecule has 0 radical (unpaired) electrons. The fourth-order valence-electron chi connectivity index (χ4n) is 3.95. The van der Waals surface area contributed by atoms with Crippen LogP contribution in [0.25, 0.3) is 16.6 Å². The van der Waals surface area contributed by atoms with Crippen molar-refractivity contribution in [1.82, 2.24) is 20.6 Å². The molecule has 0 bridgehead atoms. The highest BCUT2D eigenvalue weighted by molar-refractivity contribution is 8.18. The molecule has 1 atom stereocenters. The number of nitrogens with one attached hydrogen (secondary N) is 3. The van der Waals surface area contributed by atoms with Gasteiger partial charge in [0.15, 0.2) is 0 Å². The summed E-state index contributed by atoms with van der Waals surface area (Å²) in [6, 6.07) is 12.2. The SMILES string of the molecule is Cc1cnc(Nc2ccc(OCCC3CCCN3)cc2)nc1-c1ccc(C=C2SC(=O)NC2=O)s1. The average molecular weight is 508 g/mol. The molecule has 3 N–H and O–H groups in total. The number of thiophene rings is 1. The Morgan fingerprint density at radius 1 is 1.20 bits per heavy atom. The molecule has 2 fully saturated rings. The topological polar surface area (TPSA) is 105 Å². The monoisotopic (exact) mass is 507 g/mol. The van der Waals surface area contributed by atoms with Crippen molar-refractivity contribution in [2.24, 2.45) is 0 Å². The van der Waals surface area contributed by atoms with Crippen molar-refractivity contribution >= 4 is 52.0 Å². The van der Waals surface area contributed by atoms with Crippen LogP contribution in [-0.2, 0) is 4.79 Å². The minimum Gasteiger partial charge on any atom is -0.494 e. The summed E-state index contributed by atoms with van der Waals surface area (Å²) in [7, 11) is 0. The highest BCUT2D eigenvalue weighted by Crippen LogP contribution is 2.33. The lowest BCUT2D eigenvalue weighted by Gasteiger charge is -2.12. The first-order valence-electron chi connectivity index (χ1n) is 11.5. The lowest BCUT2D eigenvalue weighted by molar-refractivity contribution is -0.115. The summed E-state index contributed by atoms with van der Waals surface area (Å²) in [5.74, 6) is 0.980. The van der Waals surface area contributed by atoms with Crippen molar-refractivity contribution in [3.63, 3.8) is 0 Å². The van der Waals surface area contributed by atoms with Crippen molar-refractivity contribution < 1.29 is 14.3 Å². The van der Waals surface area contributed by atoms with Crippen molar-refractivity contribution in [3.05, 3.63) is 57.9 Å². The Morgan fingerprint density at radius 2 is 2.06 bits per heavy atom. The van der Waals surface area contributed by atoms with Crippen LogP contribution in [0.15, 0.2) is 47.5 Å². The van der Waals surface area contributed by atoms with E-state index in [2.05, 4.69) is 20.9 Å². The number of nitrogens with zero attached hydrogens (tertiary/aromatic N) is 2. The molecular weight excluding hydrogens is 482 g/mol. The predicted octanol–water partition coefficient (Wildman–Crippen LogP) is 5.10. The van der Waals surface area contributed by atoms with Gasteiger partial charge in [-0.3, -0.25) is 14.9 Å². The molecule has 2 amide bonds. The number of aryl methyl sites for hydroxylation is 1. The Balaban J connectivity index is 1.23. The summed E-state index contributed by atoms with van der Waals surface area (Å²) in [5.41, 5.74) is 2.63. The zero-order chi connectivity index (χ0) is 24.2. The quantitative estimate of drug-likeness (QED) is 0.362. The normalized spacial score (nSPS) is 18.8. The maximum atomic E-state index is 11.8. The van der Waals surface area contributed by atoms with Crippen molar-refractivity contribution in [2.45, 2.75) is 32.2 Å². The van der Waals surface area contributed by atoms with Gasteiger partial charge >= 0.3 is 0 Å². The summed E-state index contributed by atoms with van der Waals surface area (Å²) in [6.07, 6.45) is 7.01. The van der Waals surface area contributed by atoms with Crippen LogP contribution in [0.1, 0.15) is 29.7 Å². The summed E-state index contributed by atoms with van der Waals surface area (Å²) in [6.45, 7) is 3.77. The largest absolute Gasteiger partial charge is 0.494 e. The molecule has 1 aromatic carbocycles. The Morgan fingerprint density at radius 3 is 2.80 bits per heavy atom. The number of benzene rings is 1. The Labute approximate surface area is 211 Å². The standard InChI is InChI=1S/C25H25N5O3S2/c1-15-14-27-24(28-17-4-6-18(7-5-17)33-12-10-16-3-2-11-26-16)29-22(15)20-9-8-19(34-20)13-21-23(31)30-25(32)35-21/h4-9,13-14,16,26H,2-3,10-12H2,1H3,(H,27,28,29)(H,30,31,32). The molecule has 5 rings (SSSR count). The fourth-order valence-corrected chi connectivity index (χ4v) is 5.70. The molecule has 10 heteroatoms. The van der Waals surface area contributed by atoms with E-state index in [1.54, 1.807) is 12.3 Å². The van der Waals surface area contributed by atoms with Gasteiger partial charge in [-0.15, -0.1) is 11.3 Å². The van der Waals surface area contributed by atoms with Crippen LogP contribution < -0.4 is 20.7 Å². The van der Waals surface area contributed by atoms with Gasteiger partial charge in [0.1, 0.15) is 5.75 Å². The van der Waals surface area contributed by atoms with E-state index < -0.39 is 0 Å². The number of thioether (sulfide) groups is 1. The third-order valence-corrected chi connectivity index (χ3v) is 7.60. The molecule has 1 unspecified atom stereocenters. The number of carbonyl (C=O) groups is 2. The third-order valence-electron chi connectivity index (χ3n) is 5.76. The van der Waals surface area contributed by atoms with Crippen LogP contribution in [0.2, 0.25) is 0 Å². The Hall–Kier alpha value is -3.21. The summed E-state index contributed by atoms with van der Waals surface area (Å²) in [4.78, 5) is 34.6. The van der Waals surface area contributed by atoms with E-state index in [4.69, 9.17) is 9.72 Å². The number of rotatable bonds is 8. The van der Waals surface area contributed by atoms with E-state index in [0.29, 0.717) is 23.5 Å². The molecule has 4 heterocycles. The third kappa shape index (κ3) is 5.90. The highest BCUT2D eigenvalue weighted by Gasteiger charge is 2.25. The summed E-state index contributed by atoms with van der Waals surface area (Å²) in [5, 5.41) is 8.67. The molecule has 2 aromatic heterocycles. The minimum atomic E-state index is -0.359. The number of ether oxygens (including phenoxy) is 1. The molecule has 180 valence electrons. The lowest BCUT2D eigenvalue weighted by atomic mass is 10.2. The van der Waals surface area contributed by atoms with Gasteiger partial charge in [-0.2, -0.15) is 0 Å². The minimum absolute atomic E-state index is 0.346. The van der Waals surface area contributed by atoms with Gasteiger partial charge in [0.05, 0.1) is 22.1 Å². The van der Waals surface area contributed by atoms with E-state index in [-0.39, 0.29) is 11.1 Å². The van der Waals surface area contributed by atoms with Crippen LogP contribution >= 0.6 is 23.1 Å². The van der Waals surface area contributed by atoms with E-state index >= 15 is 0 Å². The average Bonchev–Trinajstić information content (AvgIpc) is 3.59. The van der Waals surface area contributed by atoms with Crippen LogP contribution in [0.3, 0.4) is 0 Å². The first-order valence-corrected chi connectivity index (χ1v) is 13.1. The molecule has 2 saturated heterocycles. The second kappa shape index (κ2) is 10.6. The van der Waals surface area contributed by atoms with Crippen LogP contribution in [-0.4, -0.2) is 40.3 Å². The second-order valence-electron chi connectivity index (χ2n) is 8.36. The lowest BCUT2D eigenvalue weighted by Crippen LogP contribution is -2.23. The number of hydrogen-bond acceptors (Lipinski definition) is 9. The van der Waals surface area contributed by atoms with Crippen LogP contribution in [0.4, 0.5) is 16.4 Å². The molecule has 0 spiro atoms. The molecule has 0 saturated carbocycles. The first kappa shape index (κ1) is 23.5. The number of hydrogen-bond donors (Lipinski definition) is 3. The maximum absolute atomic E-state index is 11.8. The van der Waals surface area contributed by atoms with Crippen molar-refractivity contribution in [2.75, 3.05) is 18.5 Å². The van der Waals surface area contributed by atoms with Crippen LogP contribution in [0.5, 0.6) is 5.75 Å². The molecule has 2 aliphatic rings. The molecule has 2 aliphatic heterocycles. The van der Waals surface area contributed by atoms with E-state index in [1.165, 1.54) is 24.2 Å². The Kier molecular flexibility index (Phi) is 7.12. The molecule has 3 aromatic rings. The predicted molar refractivity (Wildman–Crippen MR) is 140 cm³/mol. The maximum Gasteiger partial charge on any atom is 0.290 e. The van der Waals surface area contributed by atoms with E-state index in [0.717, 1.165) is 57.2 Å². The van der Waals surface area contributed by atoms with Gasteiger partial charge < -0.3 is 15.4 Å². The van der Waals surface area contributed by atoms with E-state index in [1.807, 2.05) is 43.3 Å². The smallest absolute Gasteiger partial charge is 0.290 e. The van der Waals surface area contributed by atoms with Gasteiger partial charge in [0, 0.05) is 22.8 Å². The zero-order valence-corrected chi connectivity index (χ0v) is 20.8. The Bertz CT molecular complexity index is 1270. The van der Waals surface area contributed by atoms with Crippen molar-refractivity contribution in [3.8, 4) is 16.3 Å². The number of anilines is 2. The van der Waals surface area contributed by atoms with Gasteiger partial charge in [0.2, 0.25) is 5.95 Å². The van der Waals surface area contributed by atoms with Gasteiger partial charge in [-0.05, 0) is 92.5 Å². The van der Waals surface area contributed by atoms with Gasteiger partial charge in [0.25, 0.3) is 11.1 Å². The number of imide groups is 1. The molecule has 35 heavy (non-hydrogen) atoms. The number of carbonyl (C=O) groups excluding carboxylic acids is 2. The summed E-state index contributed by atoms with van der Waals surface area (Å²) >= 11 is 2.42. The zero-order valence-electron chi connectivity index (χ0n) is 19.2. The van der Waals surface area contributed by atoms with Gasteiger partial charge in [-0.25, -0.2) is 9.97 Å². The summed E-state index contributed by atoms with van der Waals surface area (Å²) < 4.78 is 5.88. The van der Waals surface area contributed by atoms with Crippen molar-refractivity contribution in [1.29, 1.82) is 0 Å².